The Labute approximate surface area is 82.5 Å². The van der Waals surface area contributed by atoms with Gasteiger partial charge < -0.3 is 9.15 Å². The van der Waals surface area contributed by atoms with Crippen LogP contribution in [0.25, 0.3) is 5.57 Å². The molecule has 2 rings (SSSR count). The van der Waals surface area contributed by atoms with Gasteiger partial charge in [0.05, 0.1) is 12.7 Å². The highest BCUT2D eigenvalue weighted by atomic mass is 16.5. The summed E-state index contributed by atoms with van der Waals surface area (Å²) >= 11 is 0. The number of rotatable bonds is 2. The van der Waals surface area contributed by atoms with Gasteiger partial charge >= 0.3 is 0 Å². The van der Waals surface area contributed by atoms with Gasteiger partial charge in [-0.1, -0.05) is 5.73 Å². The van der Waals surface area contributed by atoms with Crippen LogP contribution in [0.4, 0.5) is 0 Å². The molecule has 2 heteroatoms. The summed E-state index contributed by atoms with van der Waals surface area (Å²) in [6, 6.07) is 3.84. The van der Waals surface area contributed by atoms with Crippen molar-refractivity contribution in [1.29, 1.82) is 0 Å². The average Bonchev–Trinajstić information content (AvgIpc) is 2.65. The molecular formula is C12H10O2. The molecule has 0 amide bonds. The Morgan fingerprint density at radius 3 is 2.57 bits per heavy atom. The van der Waals surface area contributed by atoms with E-state index in [1.54, 1.807) is 7.11 Å². The maximum absolute atomic E-state index is 5.45. The number of aryl methyl sites for hydroxylation is 1. The fourth-order valence-electron chi connectivity index (χ4n) is 1.21. The molecule has 14 heavy (non-hydrogen) atoms. The molecule has 0 N–H and O–H groups in total. The number of methoxy groups -OCH3 is 1. The molecule has 70 valence electrons. The van der Waals surface area contributed by atoms with Crippen LogP contribution >= 0.6 is 0 Å². The Kier molecular flexibility index (Phi) is 2.16. The highest BCUT2D eigenvalue weighted by molar-refractivity contribution is 5.71. The third-order valence-corrected chi connectivity index (χ3v) is 1.95. The zero-order valence-corrected chi connectivity index (χ0v) is 8.13. The number of furan rings is 1. The summed E-state index contributed by atoms with van der Waals surface area (Å²) in [6.45, 7) is 1.91. The lowest BCUT2D eigenvalue weighted by Gasteiger charge is -1.99. The predicted molar refractivity (Wildman–Crippen MR) is 53.5 cm³/mol. The number of allylic oxidation sites excluding steroid dienone is 3. The van der Waals surface area contributed by atoms with Crippen LogP contribution in [-0.2, 0) is 4.74 Å². The Morgan fingerprint density at radius 1 is 1.21 bits per heavy atom. The summed E-state index contributed by atoms with van der Waals surface area (Å²) in [7, 11) is 1.61. The molecule has 0 radical (unpaired) electrons. The lowest BCUT2D eigenvalue weighted by atomic mass is 10.1. The molecule has 0 saturated carbocycles. The molecule has 1 aromatic rings. The van der Waals surface area contributed by atoms with E-state index in [4.69, 9.17) is 9.15 Å². The summed E-state index contributed by atoms with van der Waals surface area (Å²) in [5.41, 5.74) is 6.75. The van der Waals surface area contributed by atoms with Gasteiger partial charge in [-0.2, -0.15) is 0 Å². The molecule has 0 aliphatic heterocycles. The van der Waals surface area contributed by atoms with Crippen molar-refractivity contribution in [2.24, 2.45) is 0 Å². The first-order chi connectivity index (χ1) is 6.79. The summed E-state index contributed by atoms with van der Waals surface area (Å²) in [5.74, 6) is 2.38. The van der Waals surface area contributed by atoms with Gasteiger partial charge in [-0.05, 0) is 36.9 Å². The van der Waals surface area contributed by atoms with E-state index < -0.39 is 0 Å². The number of hydrogen-bond donors (Lipinski definition) is 0. The van der Waals surface area contributed by atoms with Gasteiger partial charge in [-0.25, -0.2) is 0 Å². The van der Waals surface area contributed by atoms with Crippen molar-refractivity contribution in [1.82, 2.24) is 0 Å². The van der Waals surface area contributed by atoms with E-state index in [9.17, 15) is 0 Å². The Hall–Kier alpha value is -1.88. The zero-order chi connectivity index (χ0) is 9.97. The summed E-state index contributed by atoms with van der Waals surface area (Å²) in [4.78, 5) is 0. The van der Waals surface area contributed by atoms with Gasteiger partial charge in [0.15, 0.2) is 5.76 Å². The van der Waals surface area contributed by atoms with Crippen molar-refractivity contribution in [3.8, 4) is 0 Å². The van der Waals surface area contributed by atoms with Crippen LogP contribution in [-0.4, -0.2) is 7.11 Å². The fraction of sp³-hybridized carbons (Fsp3) is 0.167. The van der Waals surface area contributed by atoms with Crippen molar-refractivity contribution in [2.45, 2.75) is 6.92 Å². The average molecular weight is 186 g/mol. The van der Waals surface area contributed by atoms with E-state index in [2.05, 4.69) is 11.5 Å². The maximum atomic E-state index is 5.45. The molecule has 0 fully saturated rings. The minimum atomic E-state index is 0.678. The molecule has 0 unspecified atom stereocenters. The van der Waals surface area contributed by atoms with Crippen LogP contribution in [0.5, 0.6) is 0 Å². The number of hydrogen-bond acceptors (Lipinski definition) is 2. The van der Waals surface area contributed by atoms with Crippen molar-refractivity contribution in [2.75, 3.05) is 7.11 Å². The monoisotopic (exact) mass is 186 g/mol. The van der Waals surface area contributed by atoms with Crippen molar-refractivity contribution >= 4 is 5.57 Å². The van der Waals surface area contributed by atoms with E-state index >= 15 is 0 Å². The standard InChI is InChI=1S/C12H10O2/c1-9-3-8-12(14-9)10-4-6-11(13-2)7-5-10/h3-4,6,8H,1-2H3. The van der Waals surface area contributed by atoms with Gasteiger partial charge in [0.2, 0.25) is 0 Å². The number of ether oxygens (including phenoxy) is 1. The molecular weight excluding hydrogens is 176 g/mol. The van der Waals surface area contributed by atoms with Gasteiger partial charge in [-0.3, -0.25) is 0 Å². The van der Waals surface area contributed by atoms with Gasteiger partial charge in [0.25, 0.3) is 0 Å². The summed E-state index contributed by atoms with van der Waals surface area (Å²) < 4.78 is 10.4. The van der Waals surface area contributed by atoms with Crippen molar-refractivity contribution < 1.29 is 9.15 Å². The Morgan fingerprint density at radius 2 is 2.07 bits per heavy atom. The first-order valence-corrected chi connectivity index (χ1v) is 4.34. The second-order valence-electron chi connectivity index (χ2n) is 2.98. The normalized spacial score (nSPS) is 13.9. The van der Waals surface area contributed by atoms with E-state index in [1.165, 1.54) is 0 Å². The van der Waals surface area contributed by atoms with Crippen LogP contribution in [0, 0.1) is 6.92 Å². The molecule has 0 aromatic carbocycles. The third kappa shape index (κ3) is 1.57. The quantitative estimate of drug-likeness (QED) is 0.662. The van der Waals surface area contributed by atoms with Crippen molar-refractivity contribution in [3.63, 3.8) is 0 Å². The van der Waals surface area contributed by atoms with Gasteiger partial charge in [0, 0.05) is 0 Å². The molecule has 0 saturated heterocycles. The van der Waals surface area contributed by atoms with E-state index in [-0.39, 0.29) is 0 Å². The molecule has 2 nitrogen and oxygen atoms in total. The fourth-order valence-corrected chi connectivity index (χ4v) is 1.21. The molecule has 0 spiro atoms. The first-order valence-electron chi connectivity index (χ1n) is 4.34. The van der Waals surface area contributed by atoms with E-state index in [0.717, 1.165) is 17.1 Å². The van der Waals surface area contributed by atoms with E-state index in [0.29, 0.717) is 5.76 Å². The van der Waals surface area contributed by atoms with Crippen molar-refractivity contribution in [3.05, 3.63) is 53.0 Å². The van der Waals surface area contributed by atoms with Crippen LogP contribution < -0.4 is 0 Å². The molecule has 1 heterocycles. The smallest absolute Gasteiger partial charge is 0.169 e. The van der Waals surface area contributed by atoms with E-state index in [1.807, 2.05) is 31.2 Å². The molecule has 1 aromatic heterocycles. The second-order valence-corrected chi connectivity index (χ2v) is 2.98. The minimum absolute atomic E-state index is 0.678. The van der Waals surface area contributed by atoms with Crippen LogP contribution in [0.1, 0.15) is 11.5 Å². The van der Waals surface area contributed by atoms with Crippen LogP contribution in [0.3, 0.4) is 0 Å². The topological polar surface area (TPSA) is 22.4 Å². The molecule has 0 bridgehead atoms. The highest BCUT2D eigenvalue weighted by Gasteiger charge is 2.04. The lowest BCUT2D eigenvalue weighted by molar-refractivity contribution is 0.308. The molecule has 0 atom stereocenters. The lowest BCUT2D eigenvalue weighted by Crippen LogP contribution is -1.83. The SMILES string of the molecule is COC1=C=C=C(c2ccc(C)o2)C=C1. The first kappa shape index (κ1) is 8.71. The summed E-state index contributed by atoms with van der Waals surface area (Å²) in [6.07, 6.45) is 3.73. The molecule has 1 aliphatic carbocycles. The van der Waals surface area contributed by atoms with Gasteiger partial charge in [-0.15, -0.1) is 0 Å². The highest BCUT2D eigenvalue weighted by Crippen LogP contribution is 2.19. The van der Waals surface area contributed by atoms with Crippen LogP contribution in [0.2, 0.25) is 0 Å². The second kappa shape index (κ2) is 3.47. The predicted octanol–water partition coefficient (Wildman–Crippen LogP) is 2.83. The summed E-state index contributed by atoms with van der Waals surface area (Å²) in [5, 5.41) is 0. The van der Waals surface area contributed by atoms with Crippen LogP contribution in [0.15, 0.2) is 45.9 Å². The minimum Gasteiger partial charge on any atom is -0.489 e. The Balaban J connectivity index is 2.44. The Bertz CT molecular complexity index is 476. The maximum Gasteiger partial charge on any atom is 0.169 e. The third-order valence-electron chi connectivity index (χ3n) is 1.95. The zero-order valence-electron chi connectivity index (χ0n) is 8.13. The van der Waals surface area contributed by atoms with Gasteiger partial charge in [0.1, 0.15) is 11.5 Å². The largest absolute Gasteiger partial charge is 0.489 e. The molecule has 1 aliphatic rings.